The molecule has 2 aromatic carbocycles. The van der Waals surface area contributed by atoms with Crippen molar-refractivity contribution in [1.82, 2.24) is 4.57 Å². The number of hydrogen-bond acceptors (Lipinski definition) is 5. The summed E-state index contributed by atoms with van der Waals surface area (Å²) < 4.78 is 5.87. The minimum Gasteiger partial charge on any atom is -0.337 e. The summed E-state index contributed by atoms with van der Waals surface area (Å²) in [6.07, 6.45) is 4.26. The van der Waals surface area contributed by atoms with Gasteiger partial charge in [0.15, 0.2) is 12.2 Å². The van der Waals surface area contributed by atoms with Crippen LogP contribution < -0.4 is 24.2 Å². The van der Waals surface area contributed by atoms with Crippen molar-refractivity contribution in [2.45, 2.75) is 31.3 Å². The maximum atomic E-state index is 13.4. The standard InChI is InChI=1S/C25H23ClN3OS3/c1-4-28-22(15-21-29(12-13-31-21)16(2)17-8-6-5-7-9-17)33-23(24(28)30)25-27(3)19-11-10-18(26)14-20(19)32-25/h5-16H,4H2,1-3H3/q+1/b25-23+/t16-/m1/s1. The number of hydrogen-bond donors (Lipinski definition) is 0. The summed E-state index contributed by atoms with van der Waals surface area (Å²) in [6, 6.07) is 16.5. The average molecular weight is 513 g/mol. The molecule has 0 fully saturated rings. The lowest BCUT2D eigenvalue weighted by Crippen LogP contribution is -2.39. The molecule has 4 aromatic rings. The van der Waals surface area contributed by atoms with Gasteiger partial charge in [0.25, 0.3) is 10.6 Å². The summed E-state index contributed by atoms with van der Waals surface area (Å²) in [7, 11) is 2.01. The maximum absolute atomic E-state index is 13.4. The van der Waals surface area contributed by atoms with E-state index in [0.29, 0.717) is 11.6 Å². The van der Waals surface area contributed by atoms with Crippen molar-refractivity contribution < 1.29 is 4.57 Å². The number of nitrogens with zero attached hydrogens (tertiary/aromatic N) is 3. The van der Waals surface area contributed by atoms with Gasteiger partial charge in [0.2, 0.25) is 0 Å². The van der Waals surface area contributed by atoms with Crippen LogP contribution in [0.1, 0.15) is 30.5 Å². The zero-order valence-corrected chi connectivity index (χ0v) is 21.7. The highest BCUT2D eigenvalue weighted by molar-refractivity contribution is 8.08. The molecule has 0 saturated heterocycles. The van der Waals surface area contributed by atoms with E-state index in [-0.39, 0.29) is 11.6 Å². The molecule has 0 bridgehead atoms. The molecule has 5 rings (SSSR count). The Morgan fingerprint density at radius 1 is 1.18 bits per heavy atom. The predicted octanol–water partition coefficient (Wildman–Crippen LogP) is 4.68. The minimum absolute atomic E-state index is 0.0567. The molecule has 0 N–H and O–H groups in total. The molecular formula is C25H23ClN3OS3+. The first kappa shape index (κ1) is 22.5. The first-order chi connectivity index (χ1) is 16.0. The number of rotatable bonds is 4. The minimum atomic E-state index is 0.0567. The highest BCUT2D eigenvalue weighted by atomic mass is 35.5. The van der Waals surface area contributed by atoms with Crippen molar-refractivity contribution in [1.29, 1.82) is 0 Å². The monoisotopic (exact) mass is 512 g/mol. The third-order valence-electron chi connectivity index (χ3n) is 5.83. The molecule has 1 aliphatic heterocycles. The molecule has 168 valence electrons. The lowest BCUT2D eigenvalue weighted by molar-refractivity contribution is -0.707. The van der Waals surface area contributed by atoms with Gasteiger partial charge in [-0.25, -0.2) is 0 Å². The van der Waals surface area contributed by atoms with Gasteiger partial charge in [-0.3, -0.25) is 9.36 Å². The number of benzene rings is 2. The van der Waals surface area contributed by atoms with Gasteiger partial charge in [-0.15, -0.1) is 11.3 Å². The van der Waals surface area contributed by atoms with Gasteiger partial charge in [-0.1, -0.05) is 65.0 Å². The maximum Gasteiger partial charge on any atom is 0.271 e. The fraction of sp³-hybridized carbons (Fsp3) is 0.200. The smallest absolute Gasteiger partial charge is 0.271 e. The van der Waals surface area contributed by atoms with Crippen LogP contribution in [0.2, 0.25) is 5.02 Å². The average Bonchev–Trinajstić information content (AvgIpc) is 3.50. The second kappa shape index (κ2) is 9.14. The SMILES string of the molecule is CCn1c(=O)/c(=C2\Sc3cc(Cl)ccc3N2C)s/c1=C\c1scc[n+]1[C@H](C)c1ccccc1. The number of fused-ring (bicyclic) bond motifs is 1. The van der Waals surface area contributed by atoms with Gasteiger partial charge >= 0.3 is 0 Å². The Labute approximate surface area is 209 Å². The van der Waals surface area contributed by atoms with Crippen molar-refractivity contribution >= 4 is 62.8 Å². The lowest BCUT2D eigenvalue weighted by Gasteiger charge is -2.12. The van der Waals surface area contributed by atoms with Crippen molar-refractivity contribution in [2.75, 3.05) is 11.9 Å². The Bertz CT molecular complexity index is 1500. The van der Waals surface area contributed by atoms with E-state index in [2.05, 4.69) is 58.3 Å². The number of thiazole rings is 2. The third-order valence-corrected chi connectivity index (χ3v) is 9.36. The van der Waals surface area contributed by atoms with Gasteiger partial charge in [0, 0.05) is 36.0 Å². The van der Waals surface area contributed by atoms with Gasteiger partial charge in [0.1, 0.15) is 14.2 Å². The van der Waals surface area contributed by atoms with E-state index >= 15 is 0 Å². The van der Waals surface area contributed by atoms with Crippen LogP contribution in [0.25, 0.3) is 11.1 Å². The summed E-state index contributed by atoms with van der Waals surface area (Å²) in [5, 5.41) is 4.88. The van der Waals surface area contributed by atoms with Gasteiger partial charge in [-0.05, 0) is 25.1 Å². The van der Waals surface area contributed by atoms with E-state index < -0.39 is 0 Å². The second-order valence-corrected chi connectivity index (χ2v) is 11.2. The second-order valence-electron chi connectivity index (χ2n) is 7.78. The van der Waals surface area contributed by atoms with Crippen LogP contribution in [0, 0.1) is 0 Å². The number of halogens is 1. The van der Waals surface area contributed by atoms with E-state index in [0.717, 1.165) is 29.8 Å². The molecule has 0 saturated carbocycles. The predicted molar refractivity (Wildman–Crippen MR) is 141 cm³/mol. The van der Waals surface area contributed by atoms with Crippen LogP contribution in [-0.2, 0) is 6.54 Å². The summed E-state index contributed by atoms with van der Waals surface area (Å²) in [5.41, 5.74) is 2.39. The molecule has 2 aromatic heterocycles. The van der Waals surface area contributed by atoms with Crippen molar-refractivity contribution in [3.63, 3.8) is 0 Å². The number of anilines is 1. The Morgan fingerprint density at radius 3 is 2.73 bits per heavy atom. The first-order valence-electron chi connectivity index (χ1n) is 10.7. The van der Waals surface area contributed by atoms with Crippen LogP contribution in [0.5, 0.6) is 0 Å². The van der Waals surface area contributed by atoms with Crippen LogP contribution in [0.3, 0.4) is 0 Å². The van der Waals surface area contributed by atoms with E-state index in [9.17, 15) is 4.79 Å². The molecular weight excluding hydrogens is 490 g/mol. The van der Waals surface area contributed by atoms with Gasteiger partial charge in [0.05, 0.1) is 17.1 Å². The summed E-state index contributed by atoms with van der Waals surface area (Å²) in [4.78, 5) is 16.6. The molecule has 0 radical (unpaired) electrons. The van der Waals surface area contributed by atoms with Gasteiger partial charge < -0.3 is 4.90 Å². The van der Waals surface area contributed by atoms with Crippen molar-refractivity contribution in [3.8, 4) is 0 Å². The third kappa shape index (κ3) is 4.08. The molecule has 0 aliphatic carbocycles. The Hall–Kier alpha value is -2.32. The molecule has 1 atom stereocenters. The Kier molecular flexibility index (Phi) is 6.22. The largest absolute Gasteiger partial charge is 0.337 e. The van der Waals surface area contributed by atoms with Crippen LogP contribution in [0.15, 0.2) is 69.8 Å². The Balaban J connectivity index is 1.63. The normalized spacial score (nSPS) is 16.4. The van der Waals surface area contributed by atoms with E-state index in [4.69, 9.17) is 11.6 Å². The zero-order chi connectivity index (χ0) is 23.1. The lowest BCUT2D eigenvalue weighted by atomic mass is 10.1. The highest BCUT2D eigenvalue weighted by Crippen LogP contribution is 2.46. The van der Waals surface area contributed by atoms with E-state index in [1.165, 1.54) is 5.56 Å². The van der Waals surface area contributed by atoms with Crippen molar-refractivity contribution in [3.05, 3.63) is 95.3 Å². The molecule has 8 heteroatoms. The molecule has 4 nitrogen and oxygen atoms in total. The van der Waals surface area contributed by atoms with Crippen LogP contribution in [-0.4, -0.2) is 11.6 Å². The zero-order valence-electron chi connectivity index (χ0n) is 18.5. The fourth-order valence-electron chi connectivity index (χ4n) is 4.02. The van der Waals surface area contributed by atoms with Crippen LogP contribution in [0.4, 0.5) is 5.69 Å². The molecule has 0 unspecified atom stereocenters. The fourth-order valence-corrected chi connectivity index (χ4v) is 7.68. The number of aromatic nitrogens is 2. The number of thioether (sulfide) groups is 1. The first-order valence-corrected chi connectivity index (χ1v) is 13.6. The van der Waals surface area contributed by atoms with E-state index in [1.54, 1.807) is 34.4 Å². The van der Waals surface area contributed by atoms with Crippen molar-refractivity contribution in [2.24, 2.45) is 0 Å². The summed E-state index contributed by atoms with van der Waals surface area (Å²) in [6.45, 7) is 4.85. The molecule has 1 aliphatic rings. The molecule has 33 heavy (non-hydrogen) atoms. The molecule has 0 spiro atoms. The Morgan fingerprint density at radius 2 is 1.97 bits per heavy atom. The van der Waals surface area contributed by atoms with Gasteiger partial charge in [-0.2, -0.15) is 4.57 Å². The highest BCUT2D eigenvalue weighted by Gasteiger charge is 2.25. The quantitative estimate of drug-likeness (QED) is 0.372. The summed E-state index contributed by atoms with van der Waals surface area (Å²) in [5.74, 6) is 0. The summed E-state index contributed by atoms with van der Waals surface area (Å²) >= 11 is 11.1. The molecule has 3 heterocycles. The van der Waals surface area contributed by atoms with Crippen LogP contribution >= 0.6 is 46.0 Å². The molecule has 0 amide bonds. The van der Waals surface area contributed by atoms with E-state index in [1.807, 2.05) is 42.8 Å². The topological polar surface area (TPSA) is 29.1 Å².